The van der Waals surface area contributed by atoms with Crippen LogP contribution in [0.5, 0.6) is 0 Å². The summed E-state index contributed by atoms with van der Waals surface area (Å²) in [5.41, 5.74) is 0. The molecule has 0 unspecified atom stereocenters. The molecule has 6 nitrogen and oxygen atoms in total. The first-order chi connectivity index (χ1) is 9.62. The Balaban J connectivity index is 1.74. The van der Waals surface area contributed by atoms with Crippen LogP contribution in [0, 0.1) is 0 Å². The molecular weight excluding hydrogens is 300 g/mol. The highest BCUT2D eigenvalue weighted by Gasteiger charge is 2.17. The molecule has 0 aromatic carbocycles. The predicted octanol–water partition coefficient (Wildman–Crippen LogP) is 0.853. The molecule has 114 valence electrons. The van der Waals surface area contributed by atoms with Crippen molar-refractivity contribution in [3.8, 4) is 0 Å². The molecule has 0 saturated carbocycles. The van der Waals surface area contributed by atoms with Gasteiger partial charge in [0.05, 0.1) is 19.8 Å². The van der Waals surface area contributed by atoms with Gasteiger partial charge in [-0.2, -0.15) is 0 Å². The van der Waals surface area contributed by atoms with E-state index in [9.17, 15) is 8.42 Å². The van der Waals surface area contributed by atoms with E-state index in [2.05, 4.69) is 9.79 Å². The summed E-state index contributed by atoms with van der Waals surface area (Å²) in [7, 11) is -3.55. The van der Waals surface area contributed by atoms with Crippen molar-refractivity contribution < 1.29 is 18.0 Å². The lowest BCUT2D eigenvalue weighted by molar-refractivity contribution is 0.0125. The minimum Gasteiger partial charge on any atom is -0.379 e. The Kier molecular flexibility index (Phi) is 5.94. The van der Waals surface area contributed by atoms with Crippen LogP contribution < -0.4 is 4.89 Å². The average molecular weight is 320 g/mol. The molecule has 1 aliphatic heterocycles. The first-order valence-corrected chi connectivity index (χ1v) is 8.94. The van der Waals surface area contributed by atoms with Crippen LogP contribution in [0.15, 0.2) is 16.3 Å². The number of morpholine rings is 1. The van der Waals surface area contributed by atoms with Gasteiger partial charge in [0.2, 0.25) is 0 Å². The van der Waals surface area contributed by atoms with Gasteiger partial charge in [0.15, 0.2) is 0 Å². The monoisotopic (exact) mass is 320 g/mol. The quantitative estimate of drug-likeness (QED) is 0.596. The predicted molar refractivity (Wildman–Crippen MR) is 77.2 cm³/mol. The minimum absolute atomic E-state index is 0.292. The molecule has 0 atom stereocenters. The van der Waals surface area contributed by atoms with E-state index in [1.54, 1.807) is 6.07 Å². The zero-order chi connectivity index (χ0) is 14.4. The molecule has 8 heteroatoms. The van der Waals surface area contributed by atoms with Gasteiger partial charge in [-0.05, 0) is 18.6 Å². The van der Waals surface area contributed by atoms with Crippen molar-refractivity contribution in [1.82, 2.24) is 9.79 Å². The third-order valence-corrected chi connectivity index (χ3v) is 5.97. The number of hydrogen-bond acceptors (Lipinski definition) is 6. The van der Waals surface area contributed by atoms with Crippen molar-refractivity contribution >= 4 is 21.4 Å². The lowest BCUT2D eigenvalue weighted by Crippen LogP contribution is -2.39. The van der Waals surface area contributed by atoms with Crippen LogP contribution in [-0.2, 0) is 26.0 Å². The van der Waals surface area contributed by atoms with E-state index in [-0.39, 0.29) is 0 Å². The normalized spacial score (nSPS) is 17.4. The third-order valence-electron chi connectivity index (χ3n) is 3.03. The van der Waals surface area contributed by atoms with Crippen molar-refractivity contribution in [3.05, 3.63) is 17.0 Å². The summed E-state index contributed by atoms with van der Waals surface area (Å²) >= 11 is 1.27. The highest BCUT2D eigenvalue weighted by Crippen LogP contribution is 2.21. The van der Waals surface area contributed by atoms with Crippen LogP contribution in [0.2, 0.25) is 0 Å². The second-order valence-electron chi connectivity index (χ2n) is 4.46. The van der Waals surface area contributed by atoms with E-state index in [1.807, 2.05) is 13.0 Å². The Morgan fingerprint density at radius 3 is 2.80 bits per heavy atom. The molecule has 0 radical (unpaired) electrons. The zero-order valence-electron chi connectivity index (χ0n) is 11.5. The smallest absolute Gasteiger partial charge is 0.271 e. The summed E-state index contributed by atoms with van der Waals surface area (Å²) in [6, 6.07) is 3.43. The molecule has 1 aromatic heterocycles. The SMILES string of the molecule is CCc1ccc(S(=O)(=O)NOCCN2CCOCC2)s1. The second-order valence-corrected chi connectivity index (χ2v) is 7.50. The van der Waals surface area contributed by atoms with Crippen molar-refractivity contribution in [1.29, 1.82) is 0 Å². The van der Waals surface area contributed by atoms with Gasteiger partial charge in [-0.1, -0.05) is 11.8 Å². The van der Waals surface area contributed by atoms with Gasteiger partial charge in [0.25, 0.3) is 10.0 Å². The van der Waals surface area contributed by atoms with Gasteiger partial charge >= 0.3 is 0 Å². The molecule has 1 saturated heterocycles. The maximum Gasteiger partial charge on any atom is 0.271 e. The van der Waals surface area contributed by atoms with Gasteiger partial charge in [0, 0.05) is 24.5 Å². The Labute approximate surface area is 123 Å². The van der Waals surface area contributed by atoms with E-state index in [1.165, 1.54) is 11.3 Å². The molecule has 0 amide bonds. The van der Waals surface area contributed by atoms with E-state index in [4.69, 9.17) is 9.57 Å². The summed E-state index contributed by atoms with van der Waals surface area (Å²) in [5.74, 6) is 0. The summed E-state index contributed by atoms with van der Waals surface area (Å²) in [6.45, 7) is 6.18. The number of ether oxygens (including phenoxy) is 1. The van der Waals surface area contributed by atoms with Crippen LogP contribution >= 0.6 is 11.3 Å². The number of hydrogen-bond donors (Lipinski definition) is 1. The largest absolute Gasteiger partial charge is 0.379 e. The van der Waals surface area contributed by atoms with Crippen molar-refractivity contribution in [2.75, 3.05) is 39.5 Å². The summed E-state index contributed by atoms with van der Waals surface area (Å²) in [4.78, 5) is 10.5. The number of nitrogens with zero attached hydrogens (tertiary/aromatic N) is 1. The Morgan fingerprint density at radius 2 is 2.15 bits per heavy atom. The molecule has 0 aliphatic carbocycles. The highest BCUT2D eigenvalue weighted by atomic mass is 32.2. The van der Waals surface area contributed by atoms with Crippen LogP contribution in [0.4, 0.5) is 0 Å². The number of nitrogens with one attached hydrogen (secondary N) is 1. The molecule has 1 fully saturated rings. The molecule has 1 aliphatic rings. The van der Waals surface area contributed by atoms with Crippen molar-refractivity contribution in [2.45, 2.75) is 17.6 Å². The second kappa shape index (κ2) is 7.48. The third kappa shape index (κ3) is 4.51. The summed E-state index contributed by atoms with van der Waals surface area (Å²) < 4.78 is 29.4. The van der Waals surface area contributed by atoms with Crippen molar-refractivity contribution in [2.24, 2.45) is 0 Å². The fraction of sp³-hybridized carbons (Fsp3) is 0.667. The standard InChI is InChI=1S/C12H20N2O4S2/c1-2-11-3-4-12(19-11)20(15,16)13-18-10-7-14-5-8-17-9-6-14/h3-4,13H,2,5-10H2,1H3. The van der Waals surface area contributed by atoms with Crippen LogP contribution in [0.1, 0.15) is 11.8 Å². The average Bonchev–Trinajstić information content (AvgIpc) is 2.95. The summed E-state index contributed by atoms with van der Waals surface area (Å²) in [5, 5.41) is 0. The molecule has 0 spiro atoms. The maximum atomic E-state index is 12.0. The van der Waals surface area contributed by atoms with Gasteiger partial charge in [0.1, 0.15) is 4.21 Å². The summed E-state index contributed by atoms with van der Waals surface area (Å²) in [6.07, 6.45) is 0.831. The van der Waals surface area contributed by atoms with E-state index < -0.39 is 10.0 Å². The lowest BCUT2D eigenvalue weighted by Gasteiger charge is -2.26. The molecule has 0 bridgehead atoms. The molecule has 1 aromatic rings. The van der Waals surface area contributed by atoms with Gasteiger partial charge in [-0.15, -0.1) is 11.3 Å². The Hall–Kier alpha value is -0.510. The molecule has 20 heavy (non-hydrogen) atoms. The topological polar surface area (TPSA) is 67.9 Å². The molecule has 2 rings (SSSR count). The minimum atomic E-state index is -3.55. The van der Waals surface area contributed by atoms with E-state index >= 15 is 0 Å². The Bertz CT molecular complexity index is 509. The van der Waals surface area contributed by atoms with E-state index in [0.29, 0.717) is 17.4 Å². The first-order valence-electron chi connectivity index (χ1n) is 6.64. The number of thiophene rings is 1. The number of sulfonamides is 1. The Morgan fingerprint density at radius 1 is 1.40 bits per heavy atom. The van der Waals surface area contributed by atoms with Crippen LogP contribution in [0.25, 0.3) is 0 Å². The fourth-order valence-corrected chi connectivity index (χ4v) is 3.96. The van der Waals surface area contributed by atoms with Gasteiger partial charge in [-0.25, -0.2) is 8.42 Å². The molecular formula is C12H20N2O4S2. The highest BCUT2D eigenvalue weighted by molar-refractivity contribution is 7.91. The van der Waals surface area contributed by atoms with E-state index in [0.717, 1.165) is 37.6 Å². The first kappa shape index (κ1) is 15.9. The number of rotatable bonds is 7. The maximum absolute atomic E-state index is 12.0. The van der Waals surface area contributed by atoms with Crippen molar-refractivity contribution in [3.63, 3.8) is 0 Å². The zero-order valence-corrected chi connectivity index (χ0v) is 13.1. The van der Waals surface area contributed by atoms with Gasteiger partial charge < -0.3 is 4.74 Å². The fourth-order valence-electron chi connectivity index (χ4n) is 1.85. The molecule has 1 N–H and O–H groups in total. The molecule has 2 heterocycles. The van der Waals surface area contributed by atoms with Crippen LogP contribution in [0.3, 0.4) is 0 Å². The van der Waals surface area contributed by atoms with Crippen LogP contribution in [-0.4, -0.2) is 52.8 Å². The lowest BCUT2D eigenvalue weighted by atomic mass is 10.4. The van der Waals surface area contributed by atoms with Gasteiger partial charge in [-0.3, -0.25) is 9.74 Å². The number of aryl methyl sites for hydroxylation is 1.